The first-order chi connectivity index (χ1) is 20.0. The van der Waals surface area contributed by atoms with Crippen LogP contribution in [0, 0.1) is 0 Å². The van der Waals surface area contributed by atoms with Gasteiger partial charge in [-0.1, -0.05) is 117 Å². The maximum absolute atomic E-state index is 12.6. The number of carbonyl (C=O) groups excluding carboxylic acids is 1. The first-order valence-corrected chi connectivity index (χ1v) is 21.5. The topological polar surface area (TPSA) is 48.0 Å². The summed E-state index contributed by atoms with van der Waals surface area (Å²) in [5.74, 6) is -0.295. The third-order valence-electron chi connectivity index (χ3n) is 8.60. The van der Waals surface area contributed by atoms with Gasteiger partial charge in [-0.15, -0.1) is 0 Å². The van der Waals surface area contributed by atoms with Gasteiger partial charge in [-0.2, -0.15) is 5.06 Å². The Kier molecular flexibility index (Phi) is 15.9. The van der Waals surface area contributed by atoms with Crippen molar-refractivity contribution < 1.29 is 19.1 Å². The molecule has 43 heavy (non-hydrogen) atoms. The highest BCUT2D eigenvalue weighted by molar-refractivity contribution is 9.10. The number of esters is 1. The Hall–Kier alpha value is -0.733. The molecule has 1 saturated heterocycles. The number of ether oxygens (including phenoxy) is 2. The molecule has 0 aromatic heterocycles. The molecule has 1 aromatic carbocycles. The van der Waals surface area contributed by atoms with E-state index in [1.165, 1.54) is 63.8 Å². The van der Waals surface area contributed by atoms with Gasteiger partial charge in [0.05, 0.1) is 6.61 Å². The van der Waals surface area contributed by atoms with E-state index in [0.29, 0.717) is 6.61 Å². The van der Waals surface area contributed by atoms with Crippen LogP contribution in [0.4, 0.5) is 0 Å². The highest BCUT2D eigenvalue weighted by Gasteiger charge is 2.44. The van der Waals surface area contributed by atoms with Gasteiger partial charge in [-0.3, -0.25) is 9.63 Å². The van der Waals surface area contributed by atoms with Gasteiger partial charge >= 0.3 is 5.97 Å². The van der Waals surface area contributed by atoms with Gasteiger partial charge < -0.3 is 9.47 Å². The molecule has 0 saturated carbocycles. The maximum atomic E-state index is 12.6. The van der Waals surface area contributed by atoms with Gasteiger partial charge in [-0.25, -0.2) is 0 Å². The third-order valence-corrected chi connectivity index (χ3v) is 10.8. The summed E-state index contributed by atoms with van der Waals surface area (Å²) in [7, 11) is -0.847. The minimum Gasteiger partial charge on any atom is -0.461 e. The minimum absolute atomic E-state index is 0.112. The number of alkyl halides is 1. The van der Waals surface area contributed by atoms with Gasteiger partial charge in [0.1, 0.15) is 17.0 Å². The fourth-order valence-electron chi connectivity index (χ4n) is 6.01. The highest BCUT2D eigenvalue weighted by atomic mass is 79.9. The molecule has 1 atom stereocenters. The largest absolute Gasteiger partial charge is 0.461 e. The number of hydrogen-bond donors (Lipinski definition) is 0. The molecule has 1 fully saturated rings. The number of hydrogen-bond acceptors (Lipinski definition) is 5. The molecule has 0 radical (unpaired) electrons. The van der Waals surface area contributed by atoms with E-state index in [2.05, 4.69) is 92.6 Å². The SMILES string of the molecule is CC(C)(Br)C(=O)OCC(ON1C(C)(C)CCCC1(C)C)c1ccc(COCCCCCCCCCCC[Si](C)(C)C)cc1. The summed E-state index contributed by atoms with van der Waals surface area (Å²) < 4.78 is 11.0. The Labute approximate surface area is 274 Å². The van der Waals surface area contributed by atoms with Crippen LogP contribution >= 0.6 is 15.9 Å². The summed E-state index contributed by atoms with van der Waals surface area (Å²) in [6, 6.07) is 9.88. The van der Waals surface area contributed by atoms with Crippen LogP contribution in [0.25, 0.3) is 0 Å². The number of carbonyl (C=O) groups is 1. The summed E-state index contributed by atoms with van der Waals surface area (Å²) in [5.41, 5.74) is 1.92. The molecule has 1 heterocycles. The third kappa shape index (κ3) is 14.9. The molecule has 5 nitrogen and oxygen atoms in total. The first kappa shape index (κ1) is 38.4. The quantitative estimate of drug-likeness (QED) is 0.0593. The number of halogens is 1. The average molecular weight is 683 g/mol. The van der Waals surface area contributed by atoms with Gasteiger partial charge in [0.25, 0.3) is 0 Å². The van der Waals surface area contributed by atoms with E-state index in [0.717, 1.165) is 37.0 Å². The van der Waals surface area contributed by atoms with Crippen LogP contribution in [-0.4, -0.2) is 47.7 Å². The van der Waals surface area contributed by atoms with Crippen molar-refractivity contribution in [1.29, 1.82) is 0 Å². The van der Waals surface area contributed by atoms with E-state index < -0.39 is 18.5 Å². The van der Waals surface area contributed by atoms with E-state index >= 15 is 0 Å². The molecule has 2 rings (SSSR count). The zero-order chi connectivity index (χ0) is 32.2. The van der Waals surface area contributed by atoms with Crippen molar-refractivity contribution in [2.24, 2.45) is 0 Å². The molecule has 0 spiro atoms. The lowest BCUT2D eigenvalue weighted by Gasteiger charge is -2.52. The lowest BCUT2D eigenvalue weighted by atomic mass is 9.82. The smallest absolute Gasteiger partial charge is 0.322 e. The van der Waals surface area contributed by atoms with Crippen molar-refractivity contribution in [2.75, 3.05) is 13.2 Å². The van der Waals surface area contributed by atoms with Crippen molar-refractivity contribution in [2.45, 2.75) is 172 Å². The molecule has 1 unspecified atom stereocenters. The van der Waals surface area contributed by atoms with E-state index in [1.807, 2.05) is 0 Å². The van der Waals surface area contributed by atoms with Gasteiger partial charge in [0, 0.05) is 25.8 Å². The molecular formula is C36H64BrNO4Si. The maximum Gasteiger partial charge on any atom is 0.322 e. The Morgan fingerprint density at radius 2 is 1.40 bits per heavy atom. The minimum atomic E-state index is -0.847. The predicted octanol–water partition coefficient (Wildman–Crippen LogP) is 10.8. The van der Waals surface area contributed by atoms with Crippen molar-refractivity contribution in [3.63, 3.8) is 0 Å². The Morgan fingerprint density at radius 3 is 1.91 bits per heavy atom. The van der Waals surface area contributed by atoms with Crippen LogP contribution in [0.15, 0.2) is 24.3 Å². The second-order valence-electron chi connectivity index (χ2n) is 15.7. The van der Waals surface area contributed by atoms with E-state index in [-0.39, 0.29) is 23.7 Å². The molecule has 0 bridgehead atoms. The van der Waals surface area contributed by atoms with Gasteiger partial charge in [0.15, 0.2) is 0 Å². The highest BCUT2D eigenvalue weighted by Crippen LogP contribution is 2.40. The summed E-state index contributed by atoms with van der Waals surface area (Å²) >= 11 is 3.42. The predicted molar refractivity (Wildman–Crippen MR) is 187 cm³/mol. The van der Waals surface area contributed by atoms with Crippen molar-refractivity contribution >= 4 is 30.0 Å². The Balaban J connectivity index is 1.78. The summed E-state index contributed by atoms with van der Waals surface area (Å²) in [6.45, 7) is 21.5. The molecule has 248 valence electrons. The normalized spacial score (nSPS) is 18.0. The summed E-state index contributed by atoms with van der Waals surface area (Å²) in [6.07, 6.45) is 15.0. The van der Waals surface area contributed by atoms with Gasteiger partial charge in [-0.05, 0) is 78.4 Å². The molecule has 1 aliphatic heterocycles. The fraction of sp³-hybridized carbons (Fsp3) is 0.806. The Morgan fingerprint density at radius 1 is 0.884 bits per heavy atom. The van der Waals surface area contributed by atoms with Crippen LogP contribution in [0.3, 0.4) is 0 Å². The number of rotatable bonds is 20. The molecule has 0 aliphatic carbocycles. The first-order valence-electron chi connectivity index (χ1n) is 17.0. The Bertz CT molecular complexity index is 920. The lowest BCUT2D eigenvalue weighted by Crippen LogP contribution is -2.58. The van der Waals surface area contributed by atoms with Crippen LogP contribution in [0.1, 0.15) is 136 Å². The number of unbranched alkanes of at least 4 members (excludes halogenated alkanes) is 8. The number of hydroxylamine groups is 2. The molecule has 1 aliphatic rings. The zero-order valence-corrected chi connectivity index (χ0v) is 31.7. The zero-order valence-electron chi connectivity index (χ0n) is 29.2. The van der Waals surface area contributed by atoms with E-state index in [1.54, 1.807) is 13.8 Å². The van der Waals surface area contributed by atoms with Crippen molar-refractivity contribution in [3.05, 3.63) is 35.4 Å². The second-order valence-corrected chi connectivity index (χ2v) is 23.3. The number of nitrogens with zero attached hydrogens (tertiary/aromatic N) is 1. The molecular weight excluding hydrogens is 618 g/mol. The standard InChI is InChI=1S/C36H64BrNO4Si/c1-34(2)24-19-25-35(3,4)38(34)42-32(29-41-33(39)36(5,6)37)31-22-20-30(21-23-31)28-40-26-17-15-13-11-10-12-14-16-18-27-43(7,8)9/h20-23,32H,10-19,24-29H2,1-9H3. The van der Waals surface area contributed by atoms with Crippen molar-refractivity contribution in [1.82, 2.24) is 5.06 Å². The van der Waals surface area contributed by atoms with Crippen LogP contribution in [0.5, 0.6) is 0 Å². The molecule has 1 aromatic rings. The van der Waals surface area contributed by atoms with Crippen LogP contribution < -0.4 is 0 Å². The summed E-state index contributed by atoms with van der Waals surface area (Å²) in [5, 5.41) is 2.15. The number of benzene rings is 1. The molecule has 0 N–H and O–H groups in total. The van der Waals surface area contributed by atoms with Crippen molar-refractivity contribution in [3.8, 4) is 0 Å². The second kappa shape index (κ2) is 17.8. The van der Waals surface area contributed by atoms with E-state index in [9.17, 15) is 4.79 Å². The molecule has 7 heteroatoms. The fourth-order valence-corrected chi connectivity index (χ4v) is 7.44. The number of piperidine rings is 1. The van der Waals surface area contributed by atoms with Gasteiger partial charge in [0.2, 0.25) is 0 Å². The summed E-state index contributed by atoms with van der Waals surface area (Å²) in [4.78, 5) is 19.3. The molecule has 0 amide bonds. The van der Waals surface area contributed by atoms with Crippen LogP contribution in [0.2, 0.25) is 25.7 Å². The average Bonchev–Trinajstić information content (AvgIpc) is 2.89. The van der Waals surface area contributed by atoms with Crippen LogP contribution in [-0.2, 0) is 25.7 Å². The van der Waals surface area contributed by atoms with E-state index in [4.69, 9.17) is 14.3 Å². The lowest BCUT2D eigenvalue weighted by molar-refractivity contribution is -0.311. The monoisotopic (exact) mass is 681 g/mol.